The van der Waals surface area contributed by atoms with Crippen molar-refractivity contribution >= 4 is 57.9 Å². The molecular weight excluding hydrogens is 219 g/mol. The average molecular weight is 234 g/mol. The number of halogens is 1. The molecule has 0 bridgehead atoms. The van der Waals surface area contributed by atoms with E-state index in [0.29, 0.717) is 0 Å². The molecule has 0 radical (unpaired) electrons. The standard InChI is InChI=1S/ClH.6H2O.Sr.2H/h1H;6*1H2;;;. The van der Waals surface area contributed by atoms with Crippen LogP contribution in [0.2, 0.25) is 0 Å². The molecule has 12 N–H and O–H groups in total. The second kappa shape index (κ2) is 207. The van der Waals surface area contributed by atoms with Crippen LogP contribution in [0.25, 0.3) is 0 Å². The fraction of sp³-hybridized carbons (Fsp3) is 0. The van der Waals surface area contributed by atoms with Crippen molar-refractivity contribution in [1.82, 2.24) is 0 Å². The molecule has 0 heterocycles. The van der Waals surface area contributed by atoms with Crippen molar-refractivity contribution in [2.75, 3.05) is 0 Å². The summed E-state index contributed by atoms with van der Waals surface area (Å²) in [5.41, 5.74) is 0. The van der Waals surface area contributed by atoms with Crippen molar-refractivity contribution in [1.29, 1.82) is 0 Å². The molecule has 0 aromatic rings. The minimum atomic E-state index is 0. The molecule has 8 heteroatoms. The third-order valence-corrected chi connectivity index (χ3v) is 0. The van der Waals surface area contributed by atoms with Crippen LogP contribution in [0.3, 0.4) is 0 Å². The second-order valence-corrected chi connectivity index (χ2v) is 0. The summed E-state index contributed by atoms with van der Waals surface area (Å²) < 4.78 is 0. The van der Waals surface area contributed by atoms with E-state index in [9.17, 15) is 0 Å². The van der Waals surface area contributed by atoms with Gasteiger partial charge < -0.3 is 32.9 Å². The molecule has 0 aromatic carbocycles. The zero-order valence-electron chi connectivity index (χ0n) is 3.41. The summed E-state index contributed by atoms with van der Waals surface area (Å²) in [5.74, 6) is 0. The number of hydrogen-bond donors (Lipinski definition) is 0. The molecule has 0 saturated heterocycles. The predicted molar refractivity (Wildman–Crippen MR) is 37.5 cm³/mol. The Kier molecular flexibility index (Phi) is 7640. The molecule has 0 atom stereocenters. The zero-order valence-corrected chi connectivity index (χ0v) is 4.22. The van der Waals surface area contributed by atoms with Crippen LogP contribution in [0, 0.1) is 0 Å². The Morgan fingerprint density at radius 1 is 0.375 bits per heavy atom. The Hall–Kier alpha value is 1.53. The summed E-state index contributed by atoms with van der Waals surface area (Å²) in [4.78, 5) is 0. The van der Waals surface area contributed by atoms with Crippen LogP contribution >= 0.6 is 12.4 Å². The van der Waals surface area contributed by atoms with Crippen molar-refractivity contribution in [2.24, 2.45) is 0 Å². The van der Waals surface area contributed by atoms with Gasteiger partial charge in [-0.3, -0.25) is 0 Å². The fourth-order valence-corrected chi connectivity index (χ4v) is 0. The van der Waals surface area contributed by atoms with Crippen LogP contribution in [-0.2, 0) is 0 Å². The van der Waals surface area contributed by atoms with E-state index in [2.05, 4.69) is 0 Å². The Morgan fingerprint density at radius 3 is 0.375 bits per heavy atom. The molecule has 0 spiro atoms. The Balaban J connectivity index is 0. The third-order valence-electron chi connectivity index (χ3n) is 0. The normalized spacial score (nSPS) is 0. The van der Waals surface area contributed by atoms with Crippen molar-refractivity contribution < 1.29 is 32.9 Å². The molecular formula is H15ClO6Sr. The van der Waals surface area contributed by atoms with Gasteiger partial charge in [0.2, 0.25) is 0 Å². The van der Waals surface area contributed by atoms with Gasteiger partial charge in [-0.15, -0.1) is 12.4 Å². The van der Waals surface area contributed by atoms with E-state index < -0.39 is 0 Å². The quantitative estimate of drug-likeness (QED) is 0.362. The molecule has 0 aromatic heterocycles. The van der Waals surface area contributed by atoms with Crippen molar-refractivity contribution in [3.8, 4) is 0 Å². The van der Waals surface area contributed by atoms with Crippen molar-refractivity contribution in [3.63, 3.8) is 0 Å². The van der Waals surface area contributed by atoms with Crippen LogP contribution in [-0.4, -0.2) is 78.3 Å². The molecule has 0 aliphatic rings. The number of hydrogen-bond acceptors (Lipinski definition) is 0. The molecule has 0 saturated carbocycles. The maximum atomic E-state index is 0. The van der Waals surface area contributed by atoms with E-state index in [-0.39, 0.29) is 90.7 Å². The molecule has 0 aliphatic carbocycles. The van der Waals surface area contributed by atoms with Gasteiger partial charge in [0.15, 0.2) is 0 Å². The molecule has 0 rings (SSSR count). The van der Waals surface area contributed by atoms with Crippen LogP contribution in [0.4, 0.5) is 0 Å². The second-order valence-electron chi connectivity index (χ2n) is 0. The SMILES string of the molecule is Cl.O.O.O.O.O.O.[SrH2]. The van der Waals surface area contributed by atoms with Gasteiger partial charge in [0.05, 0.1) is 0 Å². The van der Waals surface area contributed by atoms with Crippen molar-refractivity contribution in [3.05, 3.63) is 0 Å². The van der Waals surface area contributed by atoms with Gasteiger partial charge in [-0.2, -0.15) is 0 Å². The van der Waals surface area contributed by atoms with E-state index in [1.807, 2.05) is 0 Å². The van der Waals surface area contributed by atoms with E-state index >= 15 is 0 Å². The molecule has 8 heavy (non-hydrogen) atoms. The van der Waals surface area contributed by atoms with E-state index in [1.54, 1.807) is 0 Å². The van der Waals surface area contributed by atoms with Gasteiger partial charge in [0.25, 0.3) is 0 Å². The summed E-state index contributed by atoms with van der Waals surface area (Å²) >= 11 is 0. The van der Waals surface area contributed by atoms with Crippen LogP contribution < -0.4 is 0 Å². The van der Waals surface area contributed by atoms with Gasteiger partial charge >= 0.3 is 45.5 Å². The third kappa shape index (κ3) is 137. The van der Waals surface area contributed by atoms with Gasteiger partial charge in [0.1, 0.15) is 0 Å². The molecule has 6 nitrogen and oxygen atoms in total. The van der Waals surface area contributed by atoms with E-state index in [1.165, 1.54) is 0 Å². The first kappa shape index (κ1) is 296. The predicted octanol–water partition coefficient (Wildman–Crippen LogP) is -5.44. The van der Waals surface area contributed by atoms with E-state index in [4.69, 9.17) is 0 Å². The van der Waals surface area contributed by atoms with Crippen LogP contribution in [0.15, 0.2) is 0 Å². The summed E-state index contributed by atoms with van der Waals surface area (Å²) in [6, 6.07) is 0. The Bertz CT molecular complexity index is 8.49. The topological polar surface area (TPSA) is 189 Å². The van der Waals surface area contributed by atoms with Crippen LogP contribution in [0.1, 0.15) is 0 Å². The average Bonchev–Trinajstić information content (AvgIpc) is 0. The Labute approximate surface area is 89.8 Å². The summed E-state index contributed by atoms with van der Waals surface area (Å²) in [6.45, 7) is 0. The fourth-order valence-electron chi connectivity index (χ4n) is 0. The number of rotatable bonds is 0. The first-order valence-electron chi connectivity index (χ1n) is 0. The summed E-state index contributed by atoms with van der Waals surface area (Å²) in [5, 5.41) is 0. The molecule has 60 valence electrons. The first-order valence-corrected chi connectivity index (χ1v) is 0. The summed E-state index contributed by atoms with van der Waals surface area (Å²) in [7, 11) is 0. The van der Waals surface area contributed by atoms with Crippen LogP contribution in [0.5, 0.6) is 0 Å². The molecule has 0 amide bonds. The molecule has 0 aliphatic heterocycles. The Morgan fingerprint density at radius 2 is 0.375 bits per heavy atom. The van der Waals surface area contributed by atoms with Crippen molar-refractivity contribution in [2.45, 2.75) is 0 Å². The summed E-state index contributed by atoms with van der Waals surface area (Å²) in [6.07, 6.45) is 0. The molecule has 0 fully saturated rings. The minimum absolute atomic E-state index is 0. The first-order chi connectivity index (χ1) is 0. The maximum absolute atomic E-state index is 0. The van der Waals surface area contributed by atoms with Gasteiger partial charge in [-0.05, 0) is 0 Å². The zero-order chi connectivity index (χ0) is 0. The van der Waals surface area contributed by atoms with Gasteiger partial charge in [-0.1, -0.05) is 0 Å². The van der Waals surface area contributed by atoms with Gasteiger partial charge in [-0.25, -0.2) is 0 Å². The molecule has 0 unspecified atom stereocenters. The van der Waals surface area contributed by atoms with E-state index in [0.717, 1.165) is 0 Å². The monoisotopic (exact) mass is 234 g/mol. The van der Waals surface area contributed by atoms with Gasteiger partial charge in [0, 0.05) is 0 Å².